The van der Waals surface area contributed by atoms with Crippen LogP contribution in [0.25, 0.3) is 0 Å². The molecule has 2 saturated carbocycles. The summed E-state index contributed by atoms with van der Waals surface area (Å²) in [7, 11) is 0. The average molecular weight is 349 g/mol. The Morgan fingerprint density at radius 2 is 1.68 bits per heavy atom. The van der Waals surface area contributed by atoms with Gasteiger partial charge in [0.25, 0.3) is 0 Å². The molecule has 25 heavy (non-hydrogen) atoms. The molecule has 0 amide bonds. The standard InChI is InChI=1S/C22H36O3/c1-8-20(5)12-9-17-21(6)13-11-18(24-15(2)23)19(3,4)16(21)10-14-22(17,7)25-20/h8,16-18H,1,9-14H2,2-7H3/t16?,17?,18-,20+,21-,22+/m1/s1. The number of carbonyl (C=O) groups is 1. The first-order valence-electron chi connectivity index (χ1n) is 9.98. The Morgan fingerprint density at radius 3 is 2.28 bits per heavy atom. The van der Waals surface area contributed by atoms with Gasteiger partial charge in [-0.2, -0.15) is 0 Å². The largest absolute Gasteiger partial charge is 0.462 e. The predicted molar refractivity (Wildman–Crippen MR) is 100 cm³/mol. The van der Waals surface area contributed by atoms with Crippen molar-refractivity contribution in [3.63, 3.8) is 0 Å². The van der Waals surface area contributed by atoms with E-state index in [9.17, 15) is 4.79 Å². The number of ether oxygens (including phenoxy) is 2. The summed E-state index contributed by atoms with van der Waals surface area (Å²) in [5.74, 6) is 0.974. The Labute approximate surface area is 153 Å². The third-order valence-electron chi connectivity index (χ3n) is 8.07. The molecule has 3 nitrogen and oxygen atoms in total. The summed E-state index contributed by atoms with van der Waals surface area (Å²) in [5.41, 5.74) is -0.00939. The molecule has 0 aromatic rings. The van der Waals surface area contributed by atoms with Crippen molar-refractivity contribution < 1.29 is 14.3 Å². The topological polar surface area (TPSA) is 35.5 Å². The zero-order chi connectivity index (χ0) is 18.7. The minimum Gasteiger partial charge on any atom is -0.462 e. The maximum Gasteiger partial charge on any atom is 0.302 e. The molecule has 142 valence electrons. The molecule has 3 aliphatic rings. The molecule has 1 saturated heterocycles. The van der Waals surface area contributed by atoms with Crippen LogP contribution < -0.4 is 0 Å². The summed E-state index contributed by atoms with van der Waals surface area (Å²) in [5, 5.41) is 0. The van der Waals surface area contributed by atoms with Crippen LogP contribution in [0.15, 0.2) is 12.7 Å². The van der Waals surface area contributed by atoms with Crippen LogP contribution in [0.2, 0.25) is 0 Å². The molecule has 3 rings (SSSR count). The van der Waals surface area contributed by atoms with Crippen LogP contribution in [0.3, 0.4) is 0 Å². The number of fused-ring (bicyclic) bond motifs is 3. The van der Waals surface area contributed by atoms with Gasteiger partial charge in [0.15, 0.2) is 0 Å². The summed E-state index contributed by atoms with van der Waals surface area (Å²) < 4.78 is 12.4. The maximum absolute atomic E-state index is 11.6. The van der Waals surface area contributed by atoms with Crippen molar-refractivity contribution in [2.24, 2.45) is 22.7 Å². The van der Waals surface area contributed by atoms with E-state index >= 15 is 0 Å². The first-order chi connectivity index (χ1) is 11.5. The SMILES string of the molecule is C=C[C@@]1(C)CCC2[C@]3(C)CC[C@@H](OC(C)=O)C(C)(C)C3CC[C@]2(C)O1. The van der Waals surface area contributed by atoms with Crippen molar-refractivity contribution in [1.82, 2.24) is 0 Å². The summed E-state index contributed by atoms with van der Waals surface area (Å²) >= 11 is 0. The molecule has 1 aliphatic heterocycles. The second-order valence-corrected chi connectivity index (χ2v) is 10.1. The first-order valence-corrected chi connectivity index (χ1v) is 9.98. The molecule has 0 bridgehead atoms. The number of rotatable bonds is 2. The van der Waals surface area contributed by atoms with Crippen LogP contribution in [0.4, 0.5) is 0 Å². The Hall–Kier alpha value is -0.830. The third-order valence-corrected chi connectivity index (χ3v) is 8.07. The van der Waals surface area contributed by atoms with Crippen LogP contribution in [0.1, 0.15) is 80.1 Å². The zero-order valence-electron chi connectivity index (χ0n) is 17.0. The Kier molecular flexibility index (Phi) is 4.42. The normalized spacial score (nSPS) is 48.8. The van der Waals surface area contributed by atoms with Crippen LogP contribution >= 0.6 is 0 Å². The Morgan fingerprint density at radius 1 is 1.04 bits per heavy atom. The van der Waals surface area contributed by atoms with Crippen LogP contribution in [0, 0.1) is 22.7 Å². The molecule has 3 heteroatoms. The number of carbonyl (C=O) groups excluding carboxylic acids is 1. The molecule has 0 N–H and O–H groups in total. The maximum atomic E-state index is 11.6. The van der Waals surface area contributed by atoms with E-state index < -0.39 is 0 Å². The van der Waals surface area contributed by atoms with E-state index in [1.807, 2.05) is 6.08 Å². The highest BCUT2D eigenvalue weighted by molar-refractivity contribution is 5.66. The van der Waals surface area contributed by atoms with E-state index in [0.29, 0.717) is 11.8 Å². The van der Waals surface area contributed by atoms with Gasteiger partial charge < -0.3 is 9.47 Å². The average Bonchev–Trinajstić information content (AvgIpc) is 2.49. The van der Waals surface area contributed by atoms with Crippen molar-refractivity contribution >= 4 is 5.97 Å². The summed E-state index contributed by atoms with van der Waals surface area (Å²) in [4.78, 5) is 11.6. The minimum atomic E-state index is -0.196. The molecule has 2 unspecified atom stereocenters. The van der Waals surface area contributed by atoms with Crippen molar-refractivity contribution in [2.45, 2.75) is 97.4 Å². The van der Waals surface area contributed by atoms with E-state index in [1.165, 1.54) is 13.3 Å². The van der Waals surface area contributed by atoms with Gasteiger partial charge in [-0.3, -0.25) is 4.79 Å². The molecular weight excluding hydrogens is 312 g/mol. The molecule has 0 aromatic heterocycles. The highest BCUT2D eigenvalue weighted by Gasteiger charge is 2.63. The van der Waals surface area contributed by atoms with Gasteiger partial charge in [0.05, 0.1) is 11.2 Å². The van der Waals surface area contributed by atoms with E-state index in [2.05, 4.69) is 41.2 Å². The van der Waals surface area contributed by atoms with Gasteiger partial charge in [-0.15, -0.1) is 6.58 Å². The van der Waals surface area contributed by atoms with Crippen LogP contribution in [-0.2, 0) is 14.3 Å². The quantitative estimate of drug-likeness (QED) is 0.503. The lowest BCUT2D eigenvalue weighted by molar-refractivity contribution is -0.263. The molecule has 3 fully saturated rings. The van der Waals surface area contributed by atoms with E-state index in [-0.39, 0.29) is 34.1 Å². The number of hydrogen-bond donors (Lipinski definition) is 0. The van der Waals surface area contributed by atoms with E-state index in [4.69, 9.17) is 9.47 Å². The smallest absolute Gasteiger partial charge is 0.302 e. The molecule has 0 radical (unpaired) electrons. The van der Waals surface area contributed by atoms with Gasteiger partial charge >= 0.3 is 5.97 Å². The molecule has 0 aromatic carbocycles. The minimum absolute atomic E-state index is 0.0131. The fourth-order valence-corrected chi connectivity index (χ4v) is 6.81. The van der Waals surface area contributed by atoms with Crippen molar-refractivity contribution in [3.05, 3.63) is 12.7 Å². The lowest BCUT2D eigenvalue weighted by Gasteiger charge is -2.66. The predicted octanol–water partition coefficient (Wildman–Crippen LogP) is 5.28. The Bertz CT molecular complexity index is 568. The van der Waals surface area contributed by atoms with Crippen molar-refractivity contribution in [3.8, 4) is 0 Å². The fourth-order valence-electron chi connectivity index (χ4n) is 6.81. The van der Waals surface area contributed by atoms with Gasteiger partial charge in [-0.25, -0.2) is 0 Å². The third kappa shape index (κ3) is 2.87. The number of esters is 1. The lowest BCUT2D eigenvalue weighted by Crippen LogP contribution is -2.64. The highest BCUT2D eigenvalue weighted by atomic mass is 16.5. The van der Waals surface area contributed by atoms with Crippen LogP contribution in [0.5, 0.6) is 0 Å². The summed E-state index contributed by atoms with van der Waals surface area (Å²) in [6.07, 6.45) is 8.57. The number of hydrogen-bond acceptors (Lipinski definition) is 3. The van der Waals surface area contributed by atoms with E-state index in [1.54, 1.807) is 0 Å². The van der Waals surface area contributed by atoms with Gasteiger partial charge in [0.2, 0.25) is 0 Å². The van der Waals surface area contributed by atoms with Gasteiger partial charge in [-0.1, -0.05) is 26.8 Å². The summed E-state index contributed by atoms with van der Waals surface area (Å²) in [6.45, 7) is 17.1. The highest BCUT2D eigenvalue weighted by Crippen LogP contribution is 2.65. The second-order valence-electron chi connectivity index (χ2n) is 10.1. The summed E-state index contributed by atoms with van der Waals surface area (Å²) in [6, 6.07) is 0. The van der Waals surface area contributed by atoms with Gasteiger partial charge in [0.1, 0.15) is 6.10 Å². The van der Waals surface area contributed by atoms with E-state index in [0.717, 1.165) is 32.1 Å². The second kappa shape index (κ2) is 5.84. The van der Waals surface area contributed by atoms with Crippen LogP contribution in [-0.4, -0.2) is 23.3 Å². The Balaban J connectivity index is 1.90. The molecule has 1 heterocycles. The molecule has 2 aliphatic carbocycles. The zero-order valence-corrected chi connectivity index (χ0v) is 17.0. The monoisotopic (exact) mass is 348 g/mol. The molecular formula is C22H36O3. The van der Waals surface area contributed by atoms with Gasteiger partial charge in [-0.05, 0) is 69.6 Å². The fraction of sp³-hybridized carbons (Fsp3) is 0.864. The van der Waals surface area contributed by atoms with Crippen molar-refractivity contribution in [2.75, 3.05) is 0 Å². The molecule has 0 spiro atoms. The van der Waals surface area contributed by atoms with Crippen molar-refractivity contribution in [1.29, 1.82) is 0 Å². The lowest BCUT2D eigenvalue weighted by atomic mass is 9.44. The molecule has 6 atom stereocenters. The van der Waals surface area contributed by atoms with Gasteiger partial charge in [0, 0.05) is 12.3 Å². The first kappa shape index (κ1) is 18.9.